The summed E-state index contributed by atoms with van der Waals surface area (Å²) in [4.78, 5) is 19.6. The van der Waals surface area contributed by atoms with Crippen molar-refractivity contribution < 1.29 is 9.21 Å². The topological polar surface area (TPSA) is 75.0 Å². The van der Waals surface area contributed by atoms with Gasteiger partial charge in [-0.05, 0) is 19.1 Å². The molecule has 0 fully saturated rings. The molecule has 2 aromatic heterocycles. The zero-order valence-corrected chi connectivity index (χ0v) is 16.1. The smallest absolute Gasteiger partial charge is 0.254 e. The van der Waals surface area contributed by atoms with Crippen LogP contribution in [0, 0.1) is 6.92 Å². The summed E-state index contributed by atoms with van der Waals surface area (Å²) in [6.45, 7) is 3.26. The number of amides is 1. The normalized spacial score (nSPS) is 13.3. The van der Waals surface area contributed by atoms with Crippen LogP contribution in [0.5, 0.6) is 0 Å². The summed E-state index contributed by atoms with van der Waals surface area (Å²) in [5.74, 6) is 1.11. The Morgan fingerprint density at radius 2 is 1.93 bits per heavy atom. The van der Waals surface area contributed by atoms with Gasteiger partial charge < -0.3 is 9.32 Å². The quantitative estimate of drug-likeness (QED) is 0.573. The third kappa shape index (κ3) is 3.23. The monoisotopic (exact) mass is 384 g/mol. The van der Waals surface area contributed by atoms with Gasteiger partial charge in [0.25, 0.3) is 5.91 Å². The van der Waals surface area contributed by atoms with Gasteiger partial charge >= 0.3 is 0 Å². The number of nitrogens with one attached hydrogen (secondary N) is 1. The molecule has 0 saturated heterocycles. The van der Waals surface area contributed by atoms with Gasteiger partial charge in [-0.15, -0.1) is 0 Å². The highest BCUT2D eigenvalue weighted by molar-refractivity contribution is 6.00. The molecule has 0 bridgehead atoms. The van der Waals surface area contributed by atoms with Gasteiger partial charge in [0.2, 0.25) is 5.89 Å². The number of fused-ring (bicyclic) bond motifs is 1. The van der Waals surface area contributed by atoms with Crippen LogP contribution in [-0.4, -0.2) is 32.5 Å². The molecule has 144 valence electrons. The Kier molecular flexibility index (Phi) is 4.24. The number of nitrogens with zero attached hydrogens (tertiary/aromatic N) is 3. The van der Waals surface area contributed by atoms with Gasteiger partial charge in [-0.25, -0.2) is 4.98 Å². The number of aromatic nitrogens is 3. The molecular formula is C23H20N4O2. The molecule has 3 heterocycles. The van der Waals surface area contributed by atoms with Crippen molar-refractivity contribution in [1.29, 1.82) is 0 Å². The SMILES string of the molecule is Cc1ccc(-c2cnc(-c3ccccc3C(=O)N3CCc4[nH]ncc4C3)o2)cc1. The van der Waals surface area contributed by atoms with Crippen molar-refractivity contribution in [2.45, 2.75) is 19.9 Å². The van der Waals surface area contributed by atoms with Crippen LogP contribution >= 0.6 is 0 Å². The molecule has 1 N–H and O–H groups in total. The number of rotatable bonds is 3. The fourth-order valence-electron chi connectivity index (χ4n) is 3.67. The molecular weight excluding hydrogens is 364 g/mol. The lowest BCUT2D eigenvalue weighted by Gasteiger charge is -2.27. The van der Waals surface area contributed by atoms with Crippen LogP contribution in [0.3, 0.4) is 0 Å². The number of carbonyl (C=O) groups excluding carboxylic acids is 1. The van der Waals surface area contributed by atoms with Gasteiger partial charge in [0.1, 0.15) is 0 Å². The highest BCUT2D eigenvalue weighted by Gasteiger charge is 2.25. The molecule has 6 heteroatoms. The molecule has 2 aromatic carbocycles. The first-order valence-corrected chi connectivity index (χ1v) is 9.62. The molecule has 4 aromatic rings. The lowest BCUT2D eigenvalue weighted by atomic mass is 10.0. The van der Waals surface area contributed by atoms with E-state index in [1.54, 1.807) is 12.4 Å². The van der Waals surface area contributed by atoms with Crippen LogP contribution in [0.1, 0.15) is 27.2 Å². The van der Waals surface area contributed by atoms with E-state index < -0.39 is 0 Å². The number of benzene rings is 2. The van der Waals surface area contributed by atoms with Gasteiger partial charge in [0.05, 0.1) is 18.0 Å². The fourth-order valence-corrected chi connectivity index (χ4v) is 3.67. The fraction of sp³-hybridized carbons (Fsp3) is 0.174. The van der Waals surface area contributed by atoms with Gasteiger partial charge in [0, 0.05) is 41.9 Å². The zero-order chi connectivity index (χ0) is 19.8. The minimum Gasteiger partial charge on any atom is -0.436 e. The number of aromatic amines is 1. The number of aryl methyl sites for hydroxylation is 1. The Balaban J connectivity index is 1.46. The van der Waals surface area contributed by atoms with Gasteiger partial charge in [0.15, 0.2) is 5.76 Å². The molecule has 1 amide bonds. The Bertz CT molecular complexity index is 1170. The number of H-pyrrole nitrogens is 1. The lowest BCUT2D eigenvalue weighted by Crippen LogP contribution is -2.36. The lowest BCUT2D eigenvalue weighted by molar-refractivity contribution is 0.0735. The summed E-state index contributed by atoms with van der Waals surface area (Å²) in [5.41, 5.74) is 5.62. The molecule has 1 aliphatic rings. The second-order valence-corrected chi connectivity index (χ2v) is 7.29. The van der Waals surface area contributed by atoms with Crippen LogP contribution in [0.25, 0.3) is 22.8 Å². The van der Waals surface area contributed by atoms with Crippen LogP contribution in [0.4, 0.5) is 0 Å². The van der Waals surface area contributed by atoms with Gasteiger partial charge in [-0.1, -0.05) is 42.0 Å². The number of carbonyl (C=O) groups is 1. The number of oxazole rings is 1. The highest BCUT2D eigenvalue weighted by Crippen LogP contribution is 2.30. The Morgan fingerprint density at radius 3 is 2.79 bits per heavy atom. The molecule has 0 atom stereocenters. The molecule has 0 saturated carbocycles. The highest BCUT2D eigenvalue weighted by atomic mass is 16.4. The Labute approximate surface area is 168 Å². The molecule has 0 unspecified atom stereocenters. The second kappa shape index (κ2) is 7.05. The summed E-state index contributed by atoms with van der Waals surface area (Å²) >= 11 is 0. The first kappa shape index (κ1) is 17.4. The zero-order valence-electron chi connectivity index (χ0n) is 16.1. The Morgan fingerprint density at radius 1 is 1.10 bits per heavy atom. The van der Waals surface area contributed by atoms with Crippen LogP contribution in [0.2, 0.25) is 0 Å². The minimum absolute atomic E-state index is 0.0254. The van der Waals surface area contributed by atoms with E-state index in [4.69, 9.17) is 4.42 Å². The van der Waals surface area contributed by atoms with E-state index in [9.17, 15) is 4.79 Å². The first-order chi connectivity index (χ1) is 14.2. The van der Waals surface area contributed by atoms with E-state index in [1.165, 1.54) is 5.56 Å². The molecule has 0 radical (unpaired) electrons. The van der Waals surface area contributed by atoms with Crippen molar-refractivity contribution in [3.05, 3.63) is 83.3 Å². The van der Waals surface area contributed by atoms with E-state index in [-0.39, 0.29) is 5.91 Å². The predicted octanol–water partition coefficient (Wildman–Crippen LogP) is 4.24. The summed E-state index contributed by atoms with van der Waals surface area (Å²) in [6, 6.07) is 15.6. The first-order valence-electron chi connectivity index (χ1n) is 9.62. The van der Waals surface area contributed by atoms with Crippen LogP contribution in [0.15, 0.2) is 65.3 Å². The van der Waals surface area contributed by atoms with E-state index in [0.717, 1.165) is 23.2 Å². The summed E-state index contributed by atoms with van der Waals surface area (Å²) < 4.78 is 6.02. The summed E-state index contributed by atoms with van der Waals surface area (Å²) in [6.07, 6.45) is 4.28. The maximum atomic E-state index is 13.3. The largest absolute Gasteiger partial charge is 0.436 e. The van der Waals surface area contributed by atoms with E-state index >= 15 is 0 Å². The summed E-state index contributed by atoms with van der Waals surface area (Å²) in [5, 5.41) is 7.09. The average Bonchev–Trinajstić information content (AvgIpc) is 3.43. The van der Waals surface area contributed by atoms with Crippen LogP contribution < -0.4 is 0 Å². The average molecular weight is 384 g/mol. The second-order valence-electron chi connectivity index (χ2n) is 7.29. The molecule has 6 nitrogen and oxygen atoms in total. The van der Waals surface area contributed by atoms with Crippen LogP contribution in [-0.2, 0) is 13.0 Å². The predicted molar refractivity (Wildman–Crippen MR) is 109 cm³/mol. The third-order valence-corrected chi connectivity index (χ3v) is 5.32. The molecule has 5 rings (SSSR count). The van der Waals surface area contributed by atoms with Gasteiger partial charge in [-0.3, -0.25) is 9.89 Å². The third-order valence-electron chi connectivity index (χ3n) is 5.32. The molecule has 29 heavy (non-hydrogen) atoms. The number of hydrogen-bond donors (Lipinski definition) is 1. The molecule has 0 spiro atoms. The maximum Gasteiger partial charge on any atom is 0.254 e. The van der Waals surface area contributed by atoms with Crippen molar-refractivity contribution >= 4 is 5.91 Å². The van der Waals surface area contributed by atoms with Gasteiger partial charge in [-0.2, -0.15) is 5.10 Å². The molecule has 0 aliphatic carbocycles. The minimum atomic E-state index is -0.0254. The van der Waals surface area contributed by atoms with E-state index in [0.29, 0.717) is 35.9 Å². The van der Waals surface area contributed by atoms with Crippen molar-refractivity contribution in [1.82, 2.24) is 20.1 Å². The summed E-state index contributed by atoms with van der Waals surface area (Å²) in [7, 11) is 0. The van der Waals surface area contributed by atoms with Crippen molar-refractivity contribution in [2.24, 2.45) is 0 Å². The van der Waals surface area contributed by atoms with E-state index in [2.05, 4.69) is 15.2 Å². The van der Waals surface area contributed by atoms with Crippen molar-refractivity contribution in [3.63, 3.8) is 0 Å². The maximum absolute atomic E-state index is 13.3. The number of hydrogen-bond acceptors (Lipinski definition) is 4. The van der Waals surface area contributed by atoms with E-state index in [1.807, 2.05) is 60.4 Å². The standard InChI is InChI=1S/C23H20N4O2/c1-15-6-8-16(9-7-15)21-13-24-22(29-21)18-4-2-3-5-19(18)23(28)27-11-10-20-17(14-27)12-25-26-20/h2-9,12-13H,10-11,14H2,1H3,(H,25,26). The van der Waals surface area contributed by atoms with Crippen molar-refractivity contribution in [3.8, 4) is 22.8 Å². The van der Waals surface area contributed by atoms with Crippen molar-refractivity contribution in [2.75, 3.05) is 6.54 Å². The Hall–Kier alpha value is -3.67. The molecule has 1 aliphatic heterocycles.